The van der Waals surface area contributed by atoms with Crippen LogP contribution in [0, 0.1) is 12.8 Å². The number of carboxylic acid groups (broad SMARTS) is 1. The van der Waals surface area contributed by atoms with E-state index in [4.69, 9.17) is 9.63 Å². The number of hydrogen-bond donors (Lipinski definition) is 3. The molecule has 0 aliphatic heterocycles. The average molecular weight is 269 g/mol. The van der Waals surface area contributed by atoms with Crippen LogP contribution in [0.15, 0.2) is 10.6 Å². The van der Waals surface area contributed by atoms with Crippen molar-refractivity contribution in [3.05, 3.63) is 17.5 Å². The summed E-state index contributed by atoms with van der Waals surface area (Å²) in [4.78, 5) is 22.3. The number of nitrogens with one attached hydrogen (secondary N) is 2. The summed E-state index contributed by atoms with van der Waals surface area (Å²) in [6.45, 7) is 5.71. The van der Waals surface area contributed by atoms with Crippen LogP contribution in [0.4, 0.5) is 4.79 Å². The molecular weight excluding hydrogens is 250 g/mol. The largest absolute Gasteiger partial charge is 0.481 e. The molecule has 0 aliphatic rings. The second kappa shape index (κ2) is 6.77. The van der Waals surface area contributed by atoms with Crippen molar-refractivity contribution < 1.29 is 19.2 Å². The van der Waals surface area contributed by atoms with E-state index in [-0.39, 0.29) is 18.9 Å². The molecule has 19 heavy (non-hydrogen) atoms. The van der Waals surface area contributed by atoms with Crippen LogP contribution in [-0.4, -0.2) is 28.3 Å². The fourth-order valence-electron chi connectivity index (χ4n) is 1.53. The third kappa shape index (κ3) is 5.41. The van der Waals surface area contributed by atoms with Gasteiger partial charge in [0.25, 0.3) is 0 Å². The van der Waals surface area contributed by atoms with E-state index in [9.17, 15) is 9.59 Å². The van der Waals surface area contributed by atoms with Crippen LogP contribution >= 0.6 is 0 Å². The van der Waals surface area contributed by atoms with Gasteiger partial charge < -0.3 is 20.3 Å². The van der Waals surface area contributed by atoms with Gasteiger partial charge >= 0.3 is 12.0 Å². The normalized spacial score (nSPS) is 12.2. The van der Waals surface area contributed by atoms with Crippen LogP contribution in [0.2, 0.25) is 0 Å². The fourth-order valence-corrected chi connectivity index (χ4v) is 1.53. The predicted molar refractivity (Wildman–Crippen MR) is 67.5 cm³/mol. The van der Waals surface area contributed by atoms with Crippen LogP contribution < -0.4 is 10.6 Å². The fraction of sp³-hybridized carbons (Fsp3) is 0.583. The molecule has 0 spiro atoms. The number of aliphatic carboxylic acids is 1. The van der Waals surface area contributed by atoms with Gasteiger partial charge in [-0.1, -0.05) is 19.0 Å². The number of carboxylic acids is 1. The Bertz CT molecular complexity index is 442. The Balaban J connectivity index is 2.42. The molecule has 1 aromatic rings. The van der Waals surface area contributed by atoms with Crippen LogP contribution in [0.3, 0.4) is 0 Å². The molecule has 106 valence electrons. The number of carbonyl (C=O) groups is 2. The maximum atomic E-state index is 11.6. The van der Waals surface area contributed by atoms with Gasteiger partial charge in [0.2, 0.25) is 0 Å². The van der Waals surface area contributed by atoms with Crippen molar-refractivity contribution in [3.8, 4) is 0 Å². The molecule has 2 amide bonds. The Kier molecular flexibility index (Phi) is 5.35. The SMILES string of the molecule is Cc1cc(CNC(=O)NC(CC(=O)O)C(C)C)on1. The molecule has 0 fully saturated rings. The second-order valence-corrected chi connectivity index (χ2v) is 4.71. The molecule has 0 radical (unpaired) electrons. The number of aryl methyl sites for hydroxylation is 1. The summed E-state index contributed by atoms with van der Waals surface area (Å²) >= 11 is 0. The molecule has 3 N–H and O–H groups in total. The number of nitrogens with zero attached hydrogens (tertiary/aromatic N) is 1. The topological polar surface area (TPSA) is 104 Å². The van der Waals surface area contributed by atoms with E-state index in [1.807, 2.05) is 13.8 Å². The van der Waals surface area contributed by atoms with Gasteiger partial charge in [0.1, 0.15) is 0 Å². The predicted octanol–water partition coefficient (Wildman–Crippen LogP) is 1.28. The van der Waals surface area contributed by atoms with Crippen molar-refractivity contribution in [1.82, 2.24) is 15.8 Å². The first kappa shape index (κ1) is 15.0. The minimum Gasteiger partial charge on any atom is -0.481 e. The number of rotatable bonds is 6. The van der Waals surface area contributed by atoms with E-state index in [2.05, 4.69) is 15.8 Å². The zero-order valence-electron chi connectivity index (χ0n) is 11.3. The standard InChI is InChI=1S/C12H19N3O4/c1-7(2)10(5-11(16)17)14-12(18)13-6-9-4-8(3)15-19-9/h4,7,10H,5-6H2,1-3H3,(H,16,17)(H2,13,14,18). The van der Waals surface area contributed by atoms with Gasteiger partial charge in [0.05, 0.1) is 18.7 Å². The van der Waals surface area contributed by atoms with E-state index < -0.39 is 18.0 Å². The zero-order chi connectivity index (χ0) is 14.4. The number of urea groups is 1. The van der Waals surface area contributed by atoms with Gasteiger partial charge in [0.15, 0.2) is 5.76 Å². The van der Waals surface area contributed by atoms with Crippen molar-refractivity contribution in [2.24, 2.45) is 5.92 Å². The van der Waals surface area contributed by atoms with E-state index in [0.717, 1.165) is 5.69 Å². The minimum atomic E-state index is -0.940. The summed E-state index contributed by atoms with van der Waals surface area (Å²) in [5.74, 6) is -0.355. The lowest BCUT2D eigenvalue weighted by molar-refractivity contribution is -0.137. The molecule has 1 rings (SSSR count). The molecule has 1 unspecified atom stereocenters. The molecule has 0 bridgehead atoms. The van der Waals surface area contributed by atoms with E-state index in [1.54, 1.807) is 13.0 Å². The summed E-state index contributed by atoms with van der Waals surface area (Å²) < 4.78 is 4.95. The average Bonchev–Trinajstić information content (AvgIpc) is 2.71. The third-order valence-electron chi connectivity index (χ3n) is 2.62. The summed E-state index contributed by atoms with van der Waals surface area (Å²) in [5, 5.41) is 17.7. The Morgan fingerprint density at radius 1 is 1.47 bits per heavy atom. The van der Waals surface area contributed by atoms with Gasteiger partial charge in [0, 0.05) is 12.1 Å². The zero-order valence-corrected chi connectivity index (χ0v) is 11.3. The van der Waals surface area contributed by atoms with Crippen LogP contribution in [0.1, 0.15) is 31.7 Å². The second-order valence-electron chi connectivity index (χ2n) is 4.71. The monoisotopic (exact) mass is 269 g/mol. The summed E-state index contributed by atoms with van der Waals surface area (Å²) in [7, 11) is 0. The highest BCUT2D eigenvalue weighted by Gasteiger charge is 2.19. The minimum absolute atomic E-state index is 0.0365. The quantitative estimate of drug-likeness (QED) is 0.721. The highest BCUT2D eigenvalue weighted by Crippen LogP contribution is 2.06. The third-order valence-corrected chi connectivity index (χ3v) is 2.62. The molecular formula is C12H19N3O4. The van der Waals surface area contributed by atoms with Crippen molar-refractivity contribution >= 4 is 12.0 Å². The first-order chi connectivity index (χ1) is 8.88. The highest BCUT2D eigenvalue weighted by molar-refractivity contribution is 5.75. The van der Waals surface area contributed by atoms with Crippen molar-refractivity contribution in [1.29, 1.82) is 0 Å². The Morgan fingerprint density at radius 3 is 2.63 bits per heavy atom. The first-order valence-electron chi connectivity index (χ1n) is 6.07. The maximum absolute atomic E-state index is 11.6. The molecule has 0 aliphatic carbocycles. The molecule has 0 aromatic carbocycles. The molecule has 7 heteroatoms. The van der Waals surface area contributed by atoms with E-state index in [1.165, 1.54) is 0 Å². The number of aromatic nitrogens is 1. The highest BCUT2D eigenvalue weighted by atomic mass is 16.5. The Morgan fingerprint density at radius 2 is 2.16 bits per heavy atom. The Labute approximate surface area is 111 Å². The van der Waals surface area contributed by atoms with Crippen molar-refractivity contribution in [2.75, 3.05) is 0 Å². The summed E-state index contributed by atoms with van der Waals surface area (Å²) in [6.07, 6.45) is -0.105. The smallest absolute Gasteiger partial charge is 0.315 e. The number of carbonyl (C=O) groups excluding carboxylic acids is 1. The Hall–Kier alpha value is -2.05. The van der Waals surface area contributed by atoms with Crippen LogP contribution in [0.25, 0.3) is 0 Å². The van der Waals surface area contributed by atoms with Crippen molar-refractivity contribution in [2.45, 2.75) is 39.8 Å². The molecule has 7 nitrogen and oxygen atoms in total. The van der Waals surface area contributed by atoms with Gasteiger partial charge in [-0.25, -0.2) is 4.79 Å². The van der Waals surface area contributed by atoms with E-state index in [0.29, 0.717) is 5.76 Å². The van der Waals surface area contributed by atoms with Gasteiger partial charge in [-0.15, -0.1) is 0 Å². The molecule has 1 heterocycles. The molecule has 0 saturated carbocycles. The number of hydrogen-bond acceptors (Lipinski definition) is 4. The molecule has 1 atom stereocenters. The number of amides is 2. The van der Waals surface area contributed by atoms with Gasteiger partial charge in [-0.05, 0) is 12.8 Å². The maximum Gasteiger partial charge on any atom is 0.315 e. The lowest BCUT2D eigenvalue weighted by Crippen LogP contribution is -2.45. The summed E-state index contributed by atoms with van der Waals surface area (Å²) in [5.41, 5.74) is 0.739. The lowest BCUT2D eigenvalue weighted by atomic mass is 10.0. The van der Waals surface area contributed by atoms with Crippen molar-refractivity contribution in [3.63, 3.8) is 0 Å². The summed E-state index contributed by atoms with van der Waals surface area (Å²) in [6, 6.07) is 0.889. The van der Waals surface area contributed by atoms with Crippen LogP contribution in [-0.2, 0) is 11.3 Å². The van der Waals surface area contributed by atoms with Crippen LogP contribution in [0.5, 0.6) is 0 Å². The molecule has 0 saturated heterocycles. The van der Waals surface area contributed by atoms with Gasteiger partial charge in [-0.3, -0.25) is 4.79 Å². The van der Waals surface area contributed by atoms with E-state index >= 15 is 0 Å². The first-order valence-corrected chi connectivity index (χ1v) is 6.07. The molecule has 1 aromatic heterocycles. The van der Waals surface area contributed by atoms with Gasteiger partial charge in [-0.2, -0.15) is 0 Å². The lowest BCUT2D eigenvalue weighted by Gasteiger charge is -2.20.